The van der Waals surface area contributed by atoms with Gasteiger partial charge in [0.05, 0.1) is 22.7 Å². The van der Waals surface area contributed by atoms with E-state index in [1.165, 1.54) is 23.1 Å². The van der Waals surface area contributed by atoms with Crippen molar-refractivity contribution >= 4 is 34.6 Å². The number of hydrogen-bond donors (Lipinski definition) is 0. The lowest BCUT2D eigenvalue weighted by molar-refractivity contribution is -0.384. The summed E-state index contributed by atoms with van der Waals surface area (Å²) in [6, 6.07) is 25.0. The van der Waals surface area contributed by atoms with Crippen molar-refractivity contribution in [3.63, 3.8) is 0 Å². The van der Waals surface area contributed by atoms with Crippen LogP contribution in [0.3, 0.4) is 0 Å². The largest absolute Gasteiger partial charge is 0.309 e. The first-order chi connectivity index (χ1) is 21.4. The number of nitro groups is 1. The zero-order valence-electron chi connectivity index (χ0n) is 23.3. The Hall–Kier alpha value is -5.82. The maximum absolute atomic E-state index is 15.0. The summed E-state index contributed by atoms with van der Waals surface area (Å²) in [7, 11) is 0. The fraction of sp³-hybridized carbons (Fsp3) is 0.147. The second-order valence-corrected chi connectivity index (χ2v) is 10.9. The van der Waals surface area contributed by atoms with Gasteiger partial charge >= 0.3 is 0 Å². The molecule has 10 heteroatoms. The van der Waals surface area contributed by atoms with Crippen LogP contribution in [-0.4, -0.2) is 21.2 Å². The third-order valence-electron chi connectivity index (χ3n) is 8.55. The van der Waals surface area contributed by atoms with Gasteiger partial charge in [-0.1, -0.05) is 42.5 Å². The van der Waals surface area contributed by atoms with Crippen molar-refractivity contribution in [2.75, 3.05) is 9.80 Å². The molecule has 0 saturated carbocycles. The Morgan fingerprint density at radius 2 is 1.70 bits per heavy atom. The molecule has 4 aromatic rings. The van der Waals surface area contributed by atoms with Gasteiger partial charge in [0, 0.05) is 59.0 Å². The third kappa shape index (κ3) is 3.76. The van der Waals surface area contributed by atoms with Gasteiger partial charge < -0.3 is 9.47 Å². The Kier molecular flexibility index (Phi) is 6.25. The zero-order chi connectivity index (χ0) is 30.6. The van der Waals surface area contributed by atoms with E-state index in [1.807, 2.05) is 0 Å². The highest BCUT2D eigenvalue weighted by Crippen LogP contribution is 2.58. The molecule has 7 rings (SSSR count). The predicted octanol–water partition coefficient (Wildman–Crippen LogP) is 6.24. The summed E-state index contributed by atoms with van der Waals surface area (Å²) < 4.78 is 16.6. The predicted molar refractivity (Wildman–Crippen MR) is 160 cm³/mol. The average molecular weight is 586 g/mol. The van der Waals surface area contributed by atoms with Gasteiger partial charge in [-0.3, -0.25) is 24.6 Å². The molecule has 1 amide bonds. The third-order valence-corrected chi connectivity index (χ3v) is 8.55. The fourth-order valence-electron chi connectivity index (χ4n) is 6.78. The molecule has 1 aromatic heterocycles. The number of aromatic nitrogens is 1. The maximum atomic E-state index is 15.0. The molecule has 1 atom stereocenters. The topological polar surface area (TPSA) is 112 Å². The normalized spacial score (nSPS) is 19.4. The molecule has 216 valence electrons. The van der Waals surface area contributed by atoms with Crippen molar-refractivity contribution in [3.8, 4) is 6.07 Å². The SMILES string of the molecule is N#CC1=C(n2cccc2)N(c2cccc([N+](=O)[O-])c2)C2=C(C(=O)CCC2)[C@@]12C(=O)N(Cc1ccccc1F)c1ccccc12. The van der Waals surface area contributed by atoms with Crippen LogP contribution in [0.25, 0.3) is 5.82 Å². The number of rotatable bonds is 5. The lowest BCUT2D eigenvalue weighted by Gasteiger charge is -2.45. The first-order valence-corrected chi connectivity index (χ1v) is 14.1. The number of anilines is 2. The molecule has 3 aromatic carbocycles. The number of nitriles is 1. The van der Waals surface area contributed by atoms with Crippen LogP contribution < -0.4 is 9.80 Å². The molecule has 0 fully saturated rings. The van der Waals surface area contributed by atoms with E-state index in [2.05, 4.69) is 6.07 Å². The smallest absolute Gasteiger partial charge is 0.271 e. The number of benzene rings is 3. The number of Topliss-reactive ketones (excluding diaryl/α,β-unsaturated/α-hetero) is 1. The maximum Gasteiger partial charge on any atom is 0.271 e. The molecule has 2 aliphatic heterocycles. The van der Waals surface area contributed by atoms with Crippen LogP contribution in [0.5, 0.6) is 0 Å². The van der Waals surface area contributed by atoms with Gasteiger partial charge in [-0.25, -0.2) is 4.39 Å². The highest BCUT2D eigenvalue weighted by molar-refractivity contribution is 6.22. The number of ketones is 1. The van der Waals surface area contributed by atoms with Crippen molar-refractivity contribution < 1.29 is 18.9 Å². The fourth-order valence-corrected chi connectivity index (χ4v) is 6.78. The van der Waals surface area contributed by atoms with Gasteiger partial charge in [0.15, 0.2) is 5.78 Å². The Bertz CT molecular complexity index is 1990. The number of carbonyl (C=O) groups excluding carboxylic acids is 2. The van der Waals surface area contributed by atoms with Crippen LogP contribution in [0, 0.1) is 27.3 Å². The van der Waals surface area contributed by atoms with Crippen LogP contribution in [0.4, 0.5) is 21.5 Å². The Balaban J connectivity index is 1.57. The number of amides is 1. The summed E-state index contributed by atoms with van der Waals surface area (Å²) in [5, 5.41) is 22.8. The Labute approximate surface area is 251 Å². The van der Waals surface area contributed by atoms with E-state index in [9.17, 15) is 24.6 Å². The average Bonchev–Trinajstić information content (AvgIpc) is 3.65. The van der Waals surface area contributed by atoms with Crippen LogP contribution in [-0.2, 0) is 21.5 Å². The van der Waals surface area contributed by atoms with Gasteiger partial charge in [0.1, 0.15) is 23.1 Å². The number of non-ortho nitro benzene ring substituents is 1. The summed E-state index contributed by atoms with van der Waals surface area (Å²) in [6.45, 7) is -0.104. The monoisotopic (exact) mass is 585 g/mol. The summed E-state index contributed by atoms with van der Waals surface area (Å²) in [4.78, 5) is 43.6. The van der Waals surface area contributed by atoms with Crippen molar-refractivity contribution in [2.24, 2.45) is 0 Å². The Morgan fingerprint density at radius 1 is 0.955 bits per heavy atom. The van der Waals surface area contributed by atoms with Crippen molar-refractivity contribution in [3.05, 3.63) is 141 Å². The van der Waals surface area contributed by atoms with Gasteiger partial charge in [0.25, 0.3) is 5.69 Å². The minimum Gasteiger partial charge on any atom is -0.309 e. The number of nitrogens with zero attached hydrogens (tertiary/aromatic N) is 5. The van der Waals surface area contributed by atoms with E-state index in [1.54, 1.807) is 88.6 Å². The summed E-state index contributed by atoms with van der Waals surface area (Å²) in [5.74, 6) is -0.985. The highest BCUT2D eigenvalue weighted by Gasteiger charge is 2.62. The number of halogens is 1. The molecule has 0 saturated heterocycles. The van der Waals surface area contributed by atoms with Gasteiger partial charge in [-0.2, -0.15) is 5.26 Å². The summed E-state index contributed by atoms with van der Waals surface area (Å²) in [5.41, 5.74) is 0.335. The number of hydrogen-bond acceptors (Lipinski definition) is 6. The number of allylic oxidation sites excluding steroid dienone is 1. The minimum atomic E-state index is -1.81. The van der Waals surface area contributed by atoms with Crippen LogP contribution >= 0.6 is 0 Å². The van der Waals surface area contributed by atoms with E-state index in [0.717, 1.165) is 0 Å². The van der Waals surface area contributed by atoms with Gasteiger partial charge in [-0.15, -0.1) is 0 Å². The van der Waals surface area contributed by atoms with Crippen molar-refractivity contribution in [2.45, 2.75) is 31.2 Å². The standard InChI is InChI=1S/C34H24FN5O4/c35-27-13-3-1-9-22(27)21-38-28-14-4-2-12-25(28)34(33(38)42)26(20-36)32(37-17-5-6-18-37)39(29-15-8-16-30(41)31(29)34)23-10-7-11-24(19-23)40(43)44/h1-7,9-14,17-19H,8,15-16,21H2/t34-/m0/s1. The molecule has 9 nitrogen and oxygen atoms in total. The van der Waals surface area contributed by atoms with Crippen LogP contribution in [0.2, 0.25) is 0 Å². The number of nitro benzene ring substituents is 1. The van der Waals surface area contributed by atoms with E-state index in [0.29, 0.717) is 46.9 Å². The molecule has 0 radical (unpaired) electrons. The molecule has 1 aliphatic carbocycles. The first-order valence-electron chi connectivity index (χ1n) is 14.1. The number of fused-ring (bicyclic) bond motifs is 3. The first kappa shape index (κ1) is 27.0. The van der Waals surface area contributed by atoms with E-state index < -0.39 is 22.1 Å². The lowest BCUT2D eigenvalue weighted by atomic mass is 9.63. The molecule has 0 unspecified atom stereocenters. The summed E-state index contributed by atoms with van der Waals surface area (Å²) in [6.07, 6.45) is 4.50. The van der Waals surface area contributed by atoms with Crippen LogP contribution in [0.1, 0.15) is 30.4 Å². The number of carbonyl (C=O) groups is 2. The second kappa shape index (κ2) is 10.2. The quantitative estimate of drug-likeness (QED) is 0.202. The Morgan fingerprint density at radius 3 is 2.45 bits per heavy atom. The molecule has 3 heterocycles. The molecular formula is C34H24FN5O4. The lowest BCUT2D eigenvalue weighted by Crippen LogP contribution is -2.51. The molecule has 1 spiro atoms. The van der Waals surface area contributed by atoms with Crippen LogP contribution in [0.15, 0.2) is 114 Å². The summed E-state index contributed by atoms with van der Waals surface area (Å²) >= 11 is 0. The molecule has 3 aliphatic rings. The van der Waals surface area contributed by atoms with E-state index in [4.69, 9.17) is 0 Å². The van der Waals surface area contributed by atoms with Gasteiger partial charge in [-0.05, 0) is 43.2 Å². The van der Waals surface area contributed by atoms with E-state index >= 15 is 4.79 Å². The molecule has 0 N–H and O–H groups in total. The minimum absolute atomic E-state index is 0.00249. The number of para-hydroxylation sites is 1. The second-order valence-electron chi connectivity index (χ2n) is 10.9. The highest BCUT2D eigenvalue weighted by atomic mass is 19.1. The van der Waals surface area contributed by atoms with Crippen molar-refractivity contribution in [1.29, 1.82) is 5.26 Å². The van der Waals surface area contributed by atoms with E-state index in [-0.39, 0.29) is 35.6 Å². The van der Waals surface area contributed by atoms with Gasteiger partial charge in [0.2, 0.25) is 5.91 Å². The zero-order valence-corrected chi connectivity index (χ0v) is 23.3. The molecule has 0 bridgehead atoms. The molecule has 44 heavy (non-hydrogen) atoms. The molecular weight excluding hydrogens is 561 g/mol. The van der Waals surface area contributed by atoms with Crippen molar-refractivity contribution in [1.82, 2.24) is 4.57 Å².